The van der Waals surface area contributed by atoms with Gasteiger partial charge in [-0.1, -0.05) is 66.8 Å². The molecule has 0 spiro atoms. The second-order valence-electron chi connectivity index (χ2n) is 5.45. The first-order valence-electron chi connectivity index (χ1n) is 7.66. The zero-order valence-electron chi connectivity index (χ0n) is 15.0. The third-order valence-electron chi connectivity index (χ3n) is 3.38. The molecule has 134 valence electrons. The smallest absolute Gasteiger partial charge is 0.545 e. The van der Waals surface area contributed by atoms with Crippen molar-refractivity contribution in [2.24, 2.45) is 0 Å². The van der Waals surface area contributed by atoms with E-state index in [0.29, 0.717) is 5.57 Å². The molecule has 1 N–H and O–H groups in total. The first kappa shape index (κ1) is 25.2. The Balaban J connectivity index is 0.00000625. The standard InChI is InChI=1S/C19H22O5S.K/c1-3-15(2)14-17(12-11-16-8-5-4-6-9-16)18(19(20)21)10-7-13-25(22,23)24;/h3-6,8-9,11-12,14H,1,7,10,13H2,2H3,(H,20,21)(H,22,23,24);/q;+1/p-1. The molecule has 0 aliphatic heterocycles. The second-order valence-corrected chi connectivity index (χ2v) is 7.02. The molecule has 0 heterocycles. The van der Waals surface area contributed by atoms with Gasteiger partial charge in [0.25, 0.3) is 10.1 Å². The third kappa shape index (κ3) is 10.4. The fourth-order valence-corrected chi connectivity index (χ4v) is 2.59. The number of carbonyl (C=O) groups is 1. The average Bonchev–Trinajstić information content (AvgIpc) is 2.55. The largest absolute Gasteiger partial charge is 1.00 e. The van der Waals surface area contributed by atoms with Crippen LogP contribution in [0.4, 0.5) is 0 Å². The van der Waals surface area contributed by atoms with Gasteiger partial charge in [0, 0.05) is 0 Å². The van der Waals surface area contributed by atoms with E-state index in [4.69, 9.17) is 4.55 Å². The molecule has 0 amide bonds. The zero-order valence-corrected chi connectivity index (χ0v) is 19.0. The molecule has 26 heavy (non-hydrogen) atoms. The number of benzene rings is 1. The Bertz CT molecular complexity index is 806. The Morgan fingerprint density at radius 1 is 1.27 bits per heavy atom. The van der Waals surface area contributed by atoms with Crippen LogP contribution in [0.2, 0.25) is 0 Å². The molecule has 0 bridgehead atoms. The molecule has 1 aromatic carbocycles. The van der Waals surface area contributed by atoms with Crippen molar-refractivity contribution in [3.8, 4) is 0 Å². The zero-order chi connectivity index (χ0) is 18.9. The molecule has 0 saturated carbocycles. The number of hydrogen-bond donors (Lipinski definition) is 1. The van der Waals surface area contributed by atoms with E-state index in [1.54, 1.807) is 31.2 Å². The van der Waals surface area contributed by atoms with Gasteiger partial charge in [-0.2, -0.15) is 8.42 Å². The van der Waals surface area contributed by atoms with E-state index in [1.165, 1.54) is 0 Å². The van der Waals surface area contributed by atoms with Crippen LogP contribution in [-0.2, 0) is 14.9 Å². The molecule has 7 heteroatoms. The summed E-state index contributed by atoms with van der Waals surface area (Å²) in [7, 11) is -4.14. The van der Waals surface area contributed by atoms with E-state index in [9.17, 15) is 18.3 Å². The summed E-state index contributed by atoms with van der Waals surface area (Å²) in [5.41, 5.74) is 2.01. The van der Waals surface area contributed by atoms with E-state index >= 15 is 0 Å². The Morgan fingerprint density at radius 3 is 2.38 bits per heavy atom. The van der Waals surface area contributed by atoms with E-state index < -0.39 is 21.8 Å². The number of carboxylic acids is 1. The molecule has 0 aliphatic rings. The maximum atomic E-state index is 11.5. The number of carboxylic acid groups (broad SMARTS) is 1. The van der Waals surface area contributed by atoms with Crippen molar-refractivity contribution < 1.29 is 74.3 Å². The minimum absolute atomic E-state index is 0. The number of hydrogen-bond acceptors (Lipinski definition) is 4. The molecular weight excluding hydrogens is 379 g/mol. The van der Waals surface area contributed by atoms with Gasteiger partial charge in [0.15, 0.2) is 0 Å². The average molecular weight is 401 g/mol. The first-order chi connectivity index (χ1) is 11.7. The van der Waals surface area contributed by atoms with E-state index in [-0.39, 0.29) is 69.8 Å². The molecule has 0 unspecified atom stereocenters. The molecule has 1 rings (SSSR count). The summed E-state index contributed by atoms with van der Waals surface area (Å²) in [6.45, 7) is 5.41. The molecular formula is C19H21KO5S. The van der Waals surface area contributed by atoms with Crippen molar-refractivity contribution in [2.45, 2.75) is 19.8 Å². The van der Waals surface area contributed by atoms with Crippen LogP contribution in [0.1, 0.15) is 25.3 Å². The van der Waals surface area contributed by atoms with Crippen LogP contribution in [0.25, 0.3) is 6.08 Å². The summed E-state index contributed by atoms with van der Waals surface area (Å²) in [6, 6.07) is 9.33. The van der Waals surface area contributed by atoms with Gasteiger partial charge in [-0.3, -0.25) is 4.55 Å². The quantitative estimate of drug-likeness (QED) is 0.262. The van der Waals surface area contributed by atoms with Crippen LogP contribution in [0, 0.1) is 0 Å². The normalized spacial score (nSPS) is 13.1. The van der Waals surface area contributed by atoms with E-state index in [2.05, 4.69) is 6.58 Å². The predicted octanol–water partition coefficient (Wildman–Crippen LogP) is -0.449. The molecule has 0 radical (unpaired) electrons. The summed E-state index contributed by atoms with van der Waals surface area (Å²) in [4.78, 5) is 11.5. The number of carbonyl (C=O) groups excluding carboxylic acids is 1. The van der Waals surface area contributed by atoms with Crippen molar-refractivity contribution in [1.82, 2.24) is 0 Å². The molecule has 0 aromatic heterocycles. The minimum Gasteiger partial charge on any atom is -0.545 e. The molecule has 1 aromatic rings. The molecule has 5 nitrogen and oxygen atoms in total. The van der Waals surface area contributed by atoms with Crippen LogP contribution in [0.3, 0.4) is 0 Å². The van der Waals surface area contributed by atoms with Crippen LogP contribution >= 0.6 is 0 Å². The molecule has 0 aliphatic carbocycles. The minimum atomic E-state index is -4.14. The number of aliphatic carboxylic acids is 1. The fourth-order valence-electron chi connectivity index (χ4n) is 2.09. The van der Waals surface area contributed by atoms with Gasteiger partial charge in [-0.25, -0.2) is 0 Å². The van der Waals surface area contributed by atoms with Crippen LogP contribution in [0.5, 0.6) is 0 Å². The van der Waals surface area contributed by atoms with Gasteiger partial charge in [0.2, 0.25) is 0 Å². The summed E-state index contributed by atoms with van der Waals surface area (Å²) in [6.07, 6.45) is 6.56. The Labute approximate surface area is 197 Å². The van der Waals surface area contributed by atoms with Gasteiger partial charge in [-0.05, 0) is 36.5 Å². The van der Waals surface area contributed by atoms with Gasteiger partial charge in [-0.15, -0.1) is 0 Å². The third-order valence-corrected chi connectivity index (χ3v) is 4.19. The maximum absolute atomic E-state index is 11.5. The van der Waals surface area contributed by atoms with Crippen molar-refractivity contribution in [3.05, 3.63) is 77.4 Å². The summed E-state index contributed by atoms with van der Waals surface area (Å²) in [5, 5.41) is 11.5. The number of allylic oxidation sites excluding steroid dienone is 5. The van der Waals surface area contributed by atoms with Crippen LogP contribution < -0.4 is 56.5 Å². The molecule has 0 atom stereocenters. The predicted molar refractivity (Wildman–Crippen MR) is 97.1 cm³/mol. The Morgan fingerprint density at radius 2 is 1.88 bits per heavy atom. The Hall–Kier alpha value is -0.804. The second kappa shape index (κ2) is 12.6. The van der Waals surface area contributed by atoms with Gasteiger partial charge < -0.3 is 9.90 Å². The van der Waals surface area contributed by atoms with Crippen molar-refractivity contribution >= 4 is 22.2 Å². The van der Waals surface area contributed by atoms with E-state index in [1.807, 2.05) is 30.3 Å². The summed E-state index contributed by atoms with van der Waals surface area (Å²) < 4.78 is 30.4. The molecule has 0 fully saturated rings. The monoisotopic (exact) mass is 400 g/mol. The van der Waals surface area contributed by atoms with Gasteiger partial charge in [0.05, 0.1) is 11.7 Å². The van der Waals surface area contributed by atoms with Crippen molar-refractivity contribution in [1.29, 1.82) is 0 Å². The Kier molecular flexibility index (Phi) is 12.2. The van der Waals surface area contributed by atoms with E-state index in [0.717, 1.165) is 11.1 Å². The van der Waals surface area contributed by atoms with Gasteiger partial charge >= 0.3 is 51.4 Å². The van der Waals surface area contributed by atoms with Gasteiger partial charge in [0.1, 0.15) is 0 Å². The summed E-state index contributed by atoms with van der Waals surface area (Å²) in [5.74, 6) is -1.89. The SMILES string of the molecule is C=CC(C)=CC(C=Cc1ccccc1)=C(CCCS(=O)(=O)O)C(=O)[O-].[K+]. The maximum Gasteiger partial charge on any atom is 1.00 e. The summed E-state index contributed by atoms with van der Waals surface area (Å²) >= 11 is 0. The number of rotatable bonds is 9. The van der Waals surface area contributed by atoms with Crippen molar-refractivity contribution in [2.75, 3.05) is 5.75 Å². The first-order valence-corrected chi connectivity index (χ1v) is 9.27. The molecule has 0 saturated heterocycles. The topological polar surface area (TPSA) is 94.5 Å². The fraction of sp³-hybridized carbons (Fsp3) is 0.211. The van der Waals surface area contributed by atoms with Crippen LogP contribution in [0.15, 0.2) is 71.9 Å². The van der Waals surface area contributed by atoms with Crippen LogP contribution in [-0.4, -0.2) is 24.7 Å². The van der Waals surface area contributed by atoms with Crippen molar-refractivity contribution in [3.63, 3.8) is 0 Å².